The maximum Gasteiger partial charge on any atom is 0.234 e. The fraction of sp³-hybridized carbons (Fsp3) is 0.692. The lowest BCUT2D eigenvalue weighted by Crippen LogP contribution is -2.24. The molecule has 0 aliphatic heterocycles. The smallest absolute Gasteiger partial charge is 0.234 e. The van der Waals surface area contributed by atoms with Crippen LogP contribution in [0.25, 0.3) is 0 Å². The molecule has 4 nitrogen and oxygen atoms in total. The van der Waals surface area contributed by atoms with E-state index >= 15 is 0 Å². The van der Waals surface area contributed by atoms with Crippen LogP contribution in [0.15, 0.2) is 12.4 Å². The predicted octanol–water partition coefficient (Wildman–Crippen LogP) is 3.33. The van der Waals surface area contributed by atoms with Crippen LogP contribution in [0.1, 0.15) is 34.1 Å². The van der Waals surface area contributed by atoms with Crippen LogP contribution in [0, 0.1) is 5.41 Å². The van der Waals surface area contributed by atoms with Crippen molar-refractivity contribution in [1.29, 1.82) is 0 Å². The Morgan fingerprint density at radius 1 is 1.39 bits per heavy atom. The van der Waals surface area contributed by atoms with Crippen LogP contribution < -0.4 is 10.1 Å². The van der Waals surface area contributed by atoms with Gasteiger partial charge in [-0.2, -0.15) is 4.98 Å². The topological polar surface area (TPSA) is 47.0 Å². The number of rotatable bonds is 7. The summed E-state index contributed by atoms with van der Waals surface area (Å²) in [6.45, 7) is 9.07. The van der Waals surface area contributed by atoms with Gasteiger partial charge in [-0.15, -0.1) is 11.6 Å². The maximum absolute atomic E-state index is 5.77. The molecule has 0 bridgehead atoms. The fourth-order valence-corrected chi connectivity index (χ4v) is 1.92. The van der Waals surface area contributed by atoms with Gasteiger partial charge in [-0.05, 0) is 25.7 Å². The fourth-order valence-electron chi connectivity index (χ4n) is 1.41. The molecule has 0 radical (unpaired) electrons. The van der Waals surface area contributed by atoms with Crippen molar-refractivity contribution >= 4 is 17.4 Å². The highest BCUT2D eigenvalue weighted by molar-refractivity contribution is 6.17. The molecule has 0 saturated carbocycles. The van der Waals surface area contributed by atoms with Gasteiger partial charge in [0.2, 0.25) is 5.88 Å². The van der Waals surface area contributed by atoms with Crippen molar-refractivity contribution in [2.45, 2.75) is 40.2 Å². The normalized spacial score (nSPS) is 11.7. The van der Waals surface area contributed by atoms with Crippen molar-refractivity contribution in [3.05, 3.63) is 12.4 Å². The number of hydrogen-bond acceptors (Lipinski definition) is 4. The van der Waals surface area contributed by atoms with Crippen LogP contribution in [0.2, 0.25) is 0 Å². The third kappa shape index (κ3) is 5.54. The molecule has 1 rings (SSSR count). The summed E-state index contributed by atoms with van der Waals surface area (Å²) in [5.74, 6) is 1.94. The summed E-state index contributed by atoms with van der Waals surface area (Å²) in [5, 5.41) is 3.27. The van der Waals surface area contributed by atoms with E-state index in [1.54, 1.807) is 12.4 Å². The van der Waals surface area contributed by atoms with Crippen LogP contribution in [0.3, 0.4) is 0 Å². The summed E-state index contributed by atoms with van der Waals surface area (Å²) in [6.07, 6.45) is 4.37. The minimum Gasteiger partial charge on any atom is -0.474 e. The molecule has 1 aromatic rings. The number of aromatic nitrogens is 2. The standard InChI is InChI=1S/C13H22ClN3O/c1-10(2)18-12-8-15-7-11(17-12)16-9-13(3,4)5-6-14/h7-8,10H,5-6,9H2,1-4H3,(H,16,17). The Hall–Kier alpha value is -1.03. The van der Waals surface area contributed by atoms with Crippen molar-refractivity contribution in [3.63, 3.8) is 0 Å². The van der Waals surface area contributed by atoms with E-state index in [1.165, 1.54) is 0 Å². The molecule has 18 heavy (non-hydrogen) atoms. The predicted molar refractivity (Wildman–Crippen MR) is 75.4 cm³/mol. The van der Waals surface area contributed by atoms with Gasteiger partial charge >= 0.3 is 0 Å². The van der Waals surface area contributed by atoms with Gasteiger partial charge in [0.25, 0.3) is 0 Å². The number of ether oxygens (including phenoxy) is 1. The van der Waals surface area contributed by atoms with E-state index < -0.39 is 0 Å². The molecule has 1 heterocycles. The van der Waals surface area contributed by atoms with Gasteiger partial charge in [0.15, 0.2) is 0 Å². The molecule has 1 aromatic heterocycles. The second-order valence-electron chi connectivity index (χ2n) is 5.37. The number of alkyl halides is 1. The number of anilines is 1. The summed E-state index contributed by atoms with van der Waals surface area (Å²) in [6, 6.07) is 0. The molecule has 0 amide bonds. The van der Waals surface area contributed by atoms with E-state index in [9.17, 15) is 0 Å². The zero-order valence-electron chi connectivity index (χ0n) is 11.5. The monoisotopic (exact) mass is 271 g/mol. The van der Waals surface area contributed by atoms with Gasteiger partial charge in [-0.25, -0.2) is 0 Å². The van der Waals surface area contributed by atoms with E-state index in [-0.39, 0.29) is 11.5 Å². The van der Waals surface area contributed by atoms with Crippen LogP contribution >= 0.6 is 11.6 Å². The van der Waals surface area contributed by atoms with Crippen molar-refractivity contribution in [1.82, 2.24) is 9.97 Å². The molecule has 5 heteroatoms. The second kappa shape index (κ2) is 6.78. The zero-order chi connectivity index (χ0) is 13.6. The minimum atomic E-state index is 0.0993. The maximum atomic E-state index is 5.77. The summed E-state index contributed by atoms with van der Waals surface area (Å²) >= 11 is 5.77. The van der Waals surface area contributed by atoms with Gasteiger partial charge in [-0.1, -0.05) is 13.8 Å². The van der Waals surface area contributed by atoms with Crippen molar-refractivity contribution in [2.24, 2.45) is 5.41 Å². The third-order valence-corrected chi connectivity index (χ3v) is 2.68. The van der Waals surface area contributed by atoms with Crippen molar-refractivity contribution in [3.8, 4) is 5.88 Å². The molecule has 0 spiro atoms. The first kappa shape index (κ1) is 15.0. The van der Waals surface area contributed by atoms with Gasteiger partial charge in [0.1, 0.15) is 5.82 Å². The molecular formula is C13H22ClN3O. The van der Waals surface area contributed by atoms with Crippen LogP contribution in [-0.4, -0.2) is 28.5 Å². The highest BCUT2D eigenvalue weighted by atomic mass is 35.5. The van der Waals surface area contributed by atoms with E-state index in [1.807, 2.05) is 13.8 Å². The number of hydrogen-bond donors (Lipinski definition) is 1. The molecule has 0 saturated heterocycles. The van der Waals surface area contributed by atoms with Gasteiger partial charge in [0, 0.05) is 12.4 Å². The van der Waals surface area contributed by atoms with Gasteiger partial charge < -0.3 is 10.1 Å². The Morgan fingerprint density at radius 3 is 2.72 bits per heavy atom. The average Bonchev–Trinajstić information content (AvgIpc) is 2.26. The molecule has 0 aliphatic rings. The summed E-state index contributed by atoms with van der Waals surface area (Å²) in [5.41, 5.74) is 0.137. The Morgan fingerprint density at radius 2 is 2.11 bits per heavy atom. The van der Waals surface area contributed by atoms with Gasteiger partial charge in [0.05, 0.1) is 18.5 Å². The number of nitrogens with zero attached hydrogens (tertiary/aromatic N) is 2. The Kier molecular flexibility index (Phi) is 5.66. The summed E-state index contributed by atoms with van der Waals surface area (Å²) in [4.78, 5) is 8.46. The molecule has 0 atom stereocenters. The summed E-state index contributed by atoms with van der Waals surface area (Å²) in [7, 11) is 0. The Labute approximate surface area is 114 Å². The largest absolute Gasteiger partial charge is 0.474 e. The van der Waals surface area contributed by atoms with Gasteiger partial charge in [-0.3, -0.25) is 4.98 Å². The number of halogens is 1. The van der Waals surface area contributed by atoms with Crippen molar-refractivity contribution < 1.29 is 4.74 Å². The van der Waals surface area contributed by atoms with Crippen molar-refractivity contribution in [2.75, 3.05) is 17.7 Å². The minimum absolute atomic E-state index is 0.0993. The zero-order valence-corrected chi connectivity index (χ0v) is 12.3. The van der Waals surface area contributed by atoms with E-state index in [2.05, 4.69) is 29.1 Å². The molecule has 1 N–H and O–H groups in total. The van der Waals surface area contributed by atoms with Crippen LogP contribution in [0.4, 0.5) is 5.82 Å². The first-order chi connectivity index (χ1) is 8.43. The lowest BCUT2D eigenvalue weighted by Gasteiger charge is -2.24. The molecule has 102 valence electrons. The SMILES string of the molecule is CC(C)Oc1cncc(NCC(C)(C)CCCl)n1. The molecule has 0 aromatic carbocycles. The molecule has 0 fully saturated rings. The first-order valence-corrected chi connectivity index (χ1v) is 6.75. The van der Waals surface area contributed by atoms with E-state index in [0.29, 0.717) is 11.8 Å². The van der Waals surface area contributed by atoms with Crippen LogP contribution in [-0.2, 0) is 0 Å². The first-order valence-electron chi connectivity index (χ1n) is 6.21. The van der Waals surface area contributed by atoms with E-state index in [0.717, 1.165) is 18.8 Å². The van der Waals surface area contributed by atoms with Crippen LogP contribution in [0.5, 0.6) is 5.88 Å². The lowest BCUT2D eigenvalue weighted by molar-refractivity contribution is 0.232. The number of nitrogens with one attached hydrogen (secondary N) is 1. The third-order valence-electron chi connectivity index (χ3n) is 2.49. The Bertz CT molecular complexity index is 369. The molecular weight excluding hydrogens is 250 g/mol. The highest BCUT2D eigenvalue weighted by Crippen LogP contribution is 2.21. The summed E-state index contributed by atoms with van der Waals surface area (Å²) < 4.78 is 5.50. The second-order valence-corrected chi connectivity index (χ2v) is 5.74. The molecule has 0 aliphatic carbocycles. The average molecular weight is 272 g/mol. The highest BCUT2D eigenvalue weighted by Gasteiger charge is 2.17. The Balaban J connectivity index is 2.57. The van der Waals surface area contributed by atoms with E-state index in [4.69, 9.17) is 16.3 Å². The molecule has 0 unspecified atom stereocenters. The lowest BCUT2D eigenvalue weighted by atomic mass is 9.90. The quantitative estimate of drug-likeness (QED) is 0.773.